The van der Waals surface area contributed by atoms with E-state index in [2.05, 4.69) is 53.8 Å². The number of hydrogen-bond acceptors (Lipinski definition) is 3. The fourth-order valence-electron chi connectivity index (χ4n) is 4.26. The Bertz CT molecular complexity index is 701. The molecule has 3 nitrogen and oxygen atoms in total. The highest BCUT2D eigenvalue weighted by Crippen LogP contribution is 2.34. The lowest BCUT2D eigenvalue weighted by Crippen LogP contribution is -2.14. The molecule has 1 saturated carbocycles. The molecule has 0 aromatic heterocycles. The van der Waals surface area contributed by atoms with Crippen LogP contribution in [0.2, 0.25) is 0 Å². The van der Waals surface area contributed by atoms with Crippen molar-refractivity contribution < 1.29 is 9.53 Å². The highest BCUT2D eigenvalue weighted by Gasteiger charge is 2.20. The molecular weight excluding hydrogens is 346 g/mol. The van der Waals surface area contributed by atoms with E-state index in [0.29, 0.717) is 24.9 Å². The molecule has 0 saturated heterocycles. The van der Waals surface area contributed by atoms with Crippen LogP contribution >= 0.6 is 0 Å². The maximum atomic E-state index is 11.7. The summed E-state index contributed by atoms with van der Waals surface area (Å²) in [6.07, 6.45) is 7.72. The third-order valence-corrected chi connectivity index (χ3v) is 5.81. The standard InChI is InChI=1S/C25H33NO2/c1-2-28-25(27)18-20-10-6-12-22(13-7-11-20)23-14-16-24(17-15-23)26-19-21-8-4-3-5-9-21/h3-5,8-9,14-17,20,22,26H,2,6-7,10-13,18-19H2,1H3. The lowest BCUT2D eigenvalue weighted by Gasteiger charge is -2.24. The highest BCUT2D eigenvalue weighted by molar-refractivity contribution is 5.69. The van der Waals surface area contributed by atoms with Crippen LogP contribution in [0.1, 0.15) is 68.9 Å². The zero-order valence-electron chi connectivity index (χ0n) is 17.0. The Morgan fingerprint density at radius 3 is 2.29 bits per heavy atom. The first-order valence-electron chi connectivity index (χ1n) is 10.8. The van der Waals surface area contributed by atoms with Crippen LogP contribution in [0.15, 0.2) is 54.6 Å². The number of anilines is 1. The van der Waals surface area contributed by atoms with Gasteiger partial charge < -0.3 is 10.1 Å². The number of hydrogen-bond donors (Lipinski definition) is 1. The topological polar surface area (TPSA) is 38.3 Å². The second kappa shape index (κ2) is 10.9. The van der Waals surface area contributed by atoms with Gasteiger partial charge in [0.15, 0.2) is 0 Å². The zero-order chi connectivity index (χ0) is 19.6. The van der Waals surface area contributed by atoms with Crippen LogP contribution in [0.25, 0.3) is 0 Å². The van der Waals surface area contributed by atoms with Crippen molar-refractivity contribution in [3.05, 3.63) is 65.7 Å². The van der Waals surface area contributed by atoms with E-state index >= 15 is 0 Å². The summed E-state index contributed by atoms with van der Waals surface area (Å²) in [6.45, 7) is 3.22. The summed E-state index contributed by atoms with van der Waals surface area (Å²) in [5, 5.41) is 3.50. The fourth-order valence-corrected chi connectivity index (χ4v) is 4.26. The maximum absolute atomic E-state index is 11.7. The Hall–Kier alpha value is -2.29. The van der Waals surface area contributed by atoms with Gasteiger partial charge in [0.05, 0.1) is 6.61 Å². The molecule has 1 fully saturated rings. The lowest BCUT2D eigenvalue weighted by molar-refractivity contribution is -0.144. The van der Waals surface area contributed by atoms with Crippen molar-refractivity contribution in [2.45, 2.75) is 64.3 Å². The average Bonchev–Trinajstić information content (AvgIpc) is 2.70. The number of carbonyl (C=O) groups excluding carboxylic acids is 1. The van der Waals surface area contributed by atoms with Crippen LogP contribution in [-0.4, -0.2) is 12.6 Å². The number of benzene rings is 2. The smallest absolute Gasteiger partial charge is 0.306 e. The van der Waals surface area contributed by atoms with E-state index in [0.717, 1.165) is 19.4 Å². The Kier molecular flexibility index (Phi) is 7.95. The largest absolute Gasteiger partial charge is 0.466 e. The molecular formula is C25H33NO2. The van der Waals surface area contributed by atoms with E-state index in [1.54, 1.807) is 0 Å². The van der Waals surface area contributed by atoms with Crippen LogP contribution < -0.4 is 5.32 Å². The molecule has 0 radical (unpaired) electrons. The SMILES string of the molecule is CCOC(=O)CC1CCCC(c2ccc(NCc3ccccc3)cc2)CCC1. The van der Waals surface area contributed by atoms with Crippen LogP contribution in [0.3, 0.4) is 0 Å². The Morgan fingerprint density at radius 2 is 1.64 bits per heavy atom. The van der Waals surface area contributed by atoms with E-state index in [1.165, 1.54) is 42.5 Å². The second-order valence-electron chi connectivity index (χ2n) is 7.90. The van der Waals surface area contributed by atoms with Gasteiger partial charge in [-0.1, -0.05) is 55.3 Å². The van der Waals surface area contributed by atoms with Gasteiger partial charge in [0.25, 0.3) is 0 Å². The number of ether oxygens (including phenoxy) is 1. The number of nitrogens with one attached hydrogen (secondary N) is 1. The van der Waals surface area contributed by atoms with E-state index in [9.17, 15) is 4.79 Å². The van der Waals surface area contributed by atoms with Crippen LogP contribution in [0.5, 0.6) is 0 Å². The molecule has 3 heteroatoms. The van der Waals surface area contributed by atoms with Gasteiger partial charge in [-0.25, -0.2) is 0 Å². The van der Waals surface area contributed by atoms with Crippen molar-refractivity contribution in [3.8, 4) is 0 Å². The number of carbonyl (C=O) groups is 1. The summed E-state index contributed by atoms with van der Waals surface area (Å²) in [5.74, 6) is 1.12. The summed E-state index contributed by atoms with van der Waals surface area (Å²) >= 11 is 0. The minimum absolute atomic E-state index is 0.0248. The summed E-state index contributed by atoms with van der Waals surface area (Å²) in [5.41, 5.74) is 3.92. The molecule has 2 aromatic rings. The first kappa shape index (κ1) is 20.4. The minimum atomic E-state index is -0.0248. The normalized spacial score (nSPS) is 20.0. The third-order valence-electron chi connectivity index (χ3n) is 5.81. The van der Waals surface area contributed by atoms with E-state index < -0.39 is 0 Å². The first-order chi connectivity index (χ1) is 13.7. The Balaban J connectivity index is 1.47. The quantitative estimate of drug-likeness (QED) is 0.573. The van der Waals surface area contributed by atoms with Crippen molar-refractivity contribution in [2.24, 2.45) is 5.92 Å². The summed E-state index contributed by atoms with van der Waals surface area (Å²) < 4.78 is 5.12. The van der Waals surface area contributed by atoms with Gasteiger partial charge in [-0.15, -0.1) is 0 Å². The Morgan fingerprint density at radius 1 is 0.964 bits per heavy atom. The molecule has 0 unspecified atom stereocenters. The molecule has 28 heavy (non-hydrogen) atoms. The van der Waals surface area contributed by atoms with Crippen molar-refractivity contribution in [1.82, 2.24) is 0 Å². The van der Waals surface area contributed by atoms with Crippen LogP contribution in [0, 0.1) is 5.92 Å². The molecule has 0 bridgehead atoms. The molecule has 1 N–H and O–H groups in total. The first-order valence-corrected chi connectivity index (χ1v) is 10.8. The summed E-state index contributed by atoms with van der Waals surface area (Å²) in [4.78, 5) is 11.7. The van der Waals surface area contributed by atoms with E-state index in [4.69, 9.17) is 4.74 Å². The number of esters is 1. The van der Waals surface area contributed by atoms with Crippen molar-refractivity contribution in [1.29, 1.82) is 0 Å². The molecule has 1 aliphatic carbocycles. The molecule has 2 aromatic carbocycles. The van der Waals surface area contributed by atoms with Gasteiger partial charge in [-0.3, -0.25) is 4.79 Å². The maximum Gasteiger partial charge on any atom is 0.306 e. The number of rotatable bonds is 7. The van der Waals surface area contributed by atoms with Gasteiger partial charge in [0.2, 0.25) is 0 Å². The molecule has 0 amide bonds. The monoisotopic (exact) mass is 379 g/mol. The molecule has 0 aliphatic heterocycles. The molecule has 1 aliphatic rings. The zero-order valence-corrected chi connectivity index (χ0v) is 17.0. The van der Waals surface area contributed by atoms with Gasteiger partial charge in [-0.2, -0.15) is 0 Å². The van der Waals surface area contributed by atoms with Gasteiger partial charge >= 0.3 is 5.97 Å². The summed E-state index contributed by atoms with van der Waals surface area (Å²) in [7, 11) is 0. The molecule has 0 spiro atoms. The fraction of sp³-hybridized carbons (Fsp3) is 0.480. The van der Waals surface area contributed by atoms with E-state index in [-0.39, 0.29) is 5.97 Å². The predicted octanol–water partition coefficient (Wildman–Crippen LogP) is 6.31. The van der Waals surface area contributed by atoms with Crippen molar-refractivity contribution in [3.63, 3.8) is 0 Å². The molecule has 0 heterocycles. The minimum Gasteiger partial charge on any atom is -0.466 e. The van der Waals surface area contributed by atoms with E-state index in [1.807, 2.05) is 13.0 Å². The Labute approximate surface area is 169 Å². The summed E-state index contributed by atoms with van der Waals surface area (Å²) in [6, 6.07) is 19.5. The predicted molar refractivity (Wildman–Crippen MR) is 115 cm³/mol. The second-order valence-corrected chi connectivity index (χ2v) is 7.90. The molecule has 0 atom stereocenters. The highest BCUT2D eigenvalue weighted by atomic mass is 16.5. The lowest BCUT2D eigenvalue weighted by atomic mass is 9.81. The van der Waals surface area contributed by atoms with Gasteiger partial charge in [0.1, 0.15) is 0 Å². The molecule has 150 valence electrons. The third kappa shape index (κ3) is 6.40. The van der Waals surface area contributed by atoms with Crippen molar-refractivity contribution in [2.75, 3.05) is 11.9 Å². The van der Waals surface area contributed by atoms with Gasteiger partial charge in [-0.05, 0) is 67.7 Å². The van der Waals surface area contributed by atoms with Crippen molar-refractivity contribution >= 4 is 11.7 Å². The van der Waals surface area contributed by atoms with Crippen LogP contribution in [-0.2, 0) is 16.1 Å². The average molecular weight is 380 g/mol. The molecule has 3 rings (SSSR count). The van der Waals surface area contributed by atoms with Gasteiger partial charge in [0, 0.05) is 18.7 Å². The van der Waals surface area contributed by atoms with Crippen LogP contribution in [0.4, 0.5) is 5.69 Å².